The number of rotatable bonds is 1. The van der Waals surface area contributed by atoms with Gasteiger partial charge < -0.3 is 4.90 Å². The highest BCUT2D eigenvalue weighted by atomic mass is 19.1. The van der Waals surface area contributed by atoms with E-state index in [4.69, 9.17) is 0 Å². The van der Waals surface area contributed by atoms with Gasteiger partial charge in [0.05, 0.1) is 23.8 Å². The number of hydrogen-bond donors (Lipinski definition) is 0. The van der Waals surface area contributed by atoms with Gasteiger partial charge in [0.25, 0.3) is 0 Å². The number of fused-ring (bicyclic) bond motifs is 1. The lowest BCUT2D eigenvalue weighted by molar-refractivity contribution is 0.364. The molecule has 4 heteroatoms. The Kier molecular flexibility index (Phi) is 2.20. The van der Waals surface area contributed by atoms with Crippen molar-refractivity contribution in [3.63, 3.8) is 0 Å². The predicted octanol–water partition coefficient (Wildman–Crippen LogP) is 2.18. The summed E-state index contributed by atoms with van der Waals surface area (Å²) in [6.45, 7) is 1.17. The molecule has 16 heavy (non-hydrogen) atoms. The Hall–Kier alpha value is -1.71. The van der Waals surface area contributed by atoms with Crippen LogP contribution in [0.25, 0.3) is 11.0 Å². The second-order valence-corrected chi connectivity index (χ2v) is 4.05. The maximum Gasteiger partial charge on any atom is 0.147 e. The monoisotopic (exact) mass is 217 g/mol. The van der Waals surface area contributed by atoms with Crippen molar-refractivity contribution in [1.82, 2.24) is 9.97 Å². The average molecular weight is 217 g/mol. The van der Waals surface area contributed by atoms with Crippen LogP contribution in [-0.4, -0.2) is 29.2 Å². The summed E-state index contributed by atoms with van der Waals surface area (Å²) in [6, 6.07) is 7.72. The van der Waals surface area contributed by atoms with Gasteiger partial charge in [-0.3, -0.25) is 4.98 Å². The van der Waals surface area contributed by atoms with Gasteiger partial charge >= 0.3 is 0 Å². The first-order chi connectivity index (χ1) is 7.83. The van der Waals surface area contributed by atoms with Crippen molar-refractivity contribution < 1.29 is 4.39 Å². The van der Waals surface area contributed by atoms with Crippen LogP contribution in [0.4, 0.5) is 10.2 Å². The first kappa shape index (κ1) is 9.51. The topological polar surface area (TPSA) is 29.0 Å². The molecule has 1 unspecified atom stereocenters. The van der Waals surface area contributed by atoms with Crippen LogP contribution >= 0.6 is 0 Å². The van der Waals surface area contributed by atoms with Crippen molar-refractivity contribution in [1.29, 1.82) is 0 Å². The highest BCUT2D eigenvalue weighted by Gasteiger charge is 2.22. The molecule has 1 atom stereocenters. The van der Waals surface area contributed by atoms with Crippen molar-refractivity contribution in [2.75, 3.05) is 18.0 Å². The zero-order valence-corrected chi connectivity index (χ0v) is 8.81. The summed E-state index contributed by atoms with van der Waals surface area (Å²) in [7, 11) is 0. The van der Waals surface area contributed by atoms with Crippen LogP contribution in [0.3, 0.4) is 0 Å². The molecule has 1 fully saturated rings. The molecule has 0 saturated carbocycles. The maximum atomic E-state index is 13.1. The van der Waals surface area contributed by atoms with E-state index in [-0.39, 0.29) is 0 Å². The van der Waals surface area contributed by atoms with E-state index >= 15 is 0 Å². The Morgan fingerprint density at radius 1 is 1.25 bits per heavy atom. The van der Waals surface area contributed by atoms with Crippen molar-refractivity contribution in [2.24, 2.45) is 0 Å². The van der Waals surface area contributed by atoms with Crippen molar-refractivity contribution in [3.05, 3.63) is 30.5 Å². The van der Waals surface area contributed by atoms with Crippen molar-refractivity contribution in [2.45, 2.75) is 12.6 Å². The number of halogens is 1. The molecule has 1 aliphatic heterocycles. The van der Waals surface area contributed by atoms with Gasteiger partial charge in [0.1, 0.15) is 12.0 Å². The molecule has 1 aliphatic rings. The van der Waals surface area contributed by atoms with E-state index in [1.807, 2.05) is 29.2 Å². The van der Waals surface area contributed by atoms with Gasteiger partial charge in [-0.05, 0) is 18.6 Å². The van der Waals surface area contributed by atoms with Gasteiger partial charge in [-0.2, -0.15) is 0 Å². The van der Waals surface area contributed by atoms with E-state index in [2.05, 4.69) is 9.97 Å². The first-order valence-electron chi connectivity index (χ1n) is 5.44. The molecule has 2 heterocycles. The normalized spacial score (nSPS) is 20.6. The molecule has 3 rings (SSSR count). The minimum Gasteiger partial charge on any atom is -0.352 e. The number of aromatic nitrogens is 2. The predicted molar refractivity (Wildman–Crippen MR) is 61.3 cm³/mol. The fraction of sp³-hybridized carbons (Fsp3) is 0.333. The summed E-state index contributed by atoms with van der Waals surface area (Å²) in [5, 5.41) is 0. The van der Waals surface area contributed by atoms with E-state index in [0.29, 0.717) is 13.0 Å². The number of alkyl halides is 1. The van der Waals surface area contributed by atoms with Gasteiger partial charge in [0.2, 0.25) is 0 Å². The largest absolute Gasteiger partial charge is 0.352 e. The summed E-state index contributed by atoms with van der Waals surface area (Å²) in [4.78, 5) is 10.8. The molecule has 1 aromatic carbocycles. The number of benzene rings is 1. The molecule has 3 nitrogen and oxygen atoms in total. The smallest absolute Gasteiger partial charge is 0.147 e. The lowest BCUT2D eigenvalue weighted by Crippen LogP contribution is -2.21. The Balaban J connectivity index is 1.99. The average Bonchev–Trinajstić information content (AvgIpc) is 2.75. The van der Waals surface area contributed by atoms with E-state index in [1.165, 1.54) is 0 Å². The van der Waals surface area contributed by atoms with E-state index < -0.39 is 6.17 Å². The minimum atomic E-state index is -0.728. The highest BCUT2D eigenvalue weighted by Crippen LogP contribution is 2.21. The molecule has 1 saturated heterocycles. The molecule has 82 valence electrons. The van der Waals surface area contributed by atoms with Gasteiger partial charge in [-0.15, -0.1) is 0 Å². The second kappa shape index (κ2) is 3.70. The maximum absolute atomic E-state index is 13.1. The summed E-state index contributed by atoms with van der Waals surface area (Å²) in [5.74, 6) is 0.777. The summed E-state index contributed by atoms with van der Waals surface area (Å²) in [5.41, 5.74) is 1.74. The molecule has 0 radical (unpaired) electrons. The molecule has 0 aliphatic carbocycles. The van der Waals surface area contributed by atoms with Gasteiger partial charge in [0.15, 0.2) is 0 Å². The fourth-order valence-corrected chi connectivity index (χ4v) is 2.03. The number of hydrogen-bond acceptors (Lipinski definition) is 3. The van der Waals surface area contributed by atoms with Gasteiger partial charge in [-0.1, -0.05) is 12.1 Å². The van der Waals surface area contributed by atoms with E-state index in [1.54, 1.807) is 6.20 Å². The number of nitrogens with zero attached hydrogens (tertiary/aromatic N) is 3. The van der Waals surface area contributed by atoms with E-state index in [0.717, 1.165) is 23.4 Å². The quantitative estimate of drug-likeness (QED) is 0.733. The lowest BCUT2D eigenvalue weighted by atomic mass is 10.3. The first-order valence-corrected chi connectivity index (χ1v) is 5.44. The van der Waals surface area contributed by atoms with Crippen molar-refractivity contribution >= 4 is 16.9 Å². The third-order valence-electron chi connectivity index (χ3n) is 2.89. The molecule has 0 N–H and O–H groups in total. The molecular formula is C12H12FN3. The second-order valence-electron chi connectivity index (χ2n) is 4.05. The summed E-state index contributed by atoms with van der Waals surface area (Å²) in [6.07, 6.45) is 1.59. The lowest BCUT2D eigenvalue weighted by Gasteiger charge is -2.15. The van der Waals surface area contributed by atoms with Crippen LogP contribution in [0.15, 0.2) is 30.5 Å². The van der Waals surface area contributed by atoms with Gasteiger partial charge in [-0.25, -0.2) is 9.37 Å². The minimum absolute atomic E-state index is 0.438. The Morgan fingerprint density at radius 2 is 2.06 bits per heavy atom. The third-order valence-corrected chi connectivity index (χ3v) is 2.89. The molecule has 0 bridgehead atoms. The van der Waals surface area contributed by atoms with Crippen LogP contribution in [0.5, 0.6) is 0 Å². The molecule has 0 amide bonds. The van der Waals surface area contributed by atoms with Crippen LogP contribution in [0.2, 0.25) is 0 Å². The molecular weight excluding hydrogens is 205 g/mol. The zero-order chi connectivity index (χ0) is 11.0. The molecule has 1 aromatic heterocycles. The van der Waals surface area contributed by atoms with Crippen LogP contribution in [-0.2, 0) is 0 Å². The Bertz CT molecular complexity index is 514. The number of anilines is 1. The third kappa shape index (κ3) is 1.60. The van der Waals surface area contributed by atoms with Gasteiger partial charge in [0, 0.05) is 6.54 Å². The summed E-state index contributed by atoms with van der Waals surface area (Å²) >= 11 is 0. The van der Waals surface area contributed by atoms with Crippen molar-refractivity contribution in [3.8, 4) is 0 Å². The summed E-state index contributed by atoms with van der Waals surface area (Å²) < 4.78 is 13.1. The fourth-order valence-electron chi connectivity index (χ4n) is 2.03. The van der Waals surface area contributed by atoms with Crippen LogP contribution < -0.4 is 4.90 Å². The van der Waals surface area contributed by atoms with Crippen LogP contribution in [0, 0.1) is 0 Å². The standard InChI is InChI=1S/C12H12FN3/c13-9-5-6-16(8-9)12-7-14-10-3-1-2-4-11(10)15-12/h1-4,7,9H,5-6,8H2. The zero-order valence-electron chi connectivity index (χ0n) is 8.81. The Labute approximate surface area is 92.9 Å². The SMILES string of the molecule is FC1CCN(c2cnc3ccccc3n2)C1. The molecule has 2 aromatic rings. The van der Waals surface area contributed by atoms with E-state index in [9.17, 15) is 4.39 Å². The molecule has 0 spiro atoms. The van der Waals surface area contributed by atoms with Crippen LogP contribution in [0.1, 0.15) is 6.42 Å². The number of para-hydroxylation sites is 2. The highest BCUT2D eigenvalue weighted by molar-refractivity contribution is 5.75. The Morgan fingerprint density at radius 3 is 2.81 bits per heavy atom.